The number of rotatable bonds is 5. The molecule has 1 heterocycles. The van der Waals surface area contributed by atoms with E-state index in [1.807, 2.05) is 0 Å². The van der Waals surface area contributed by atoms with Crippen LogP contribution in [-0.4, -0.2) is 20.1 Å². The first-order valence-corrected chi connectivity index (χ1v) is 8.99. The van der Waals surface area contributed by atoms with E-state index in [1.54, 1.807) is 5.38 Å². The summed E-state index contributed by atoms with van der Waals surface area (Å²) in [5, 5.41) is 10.6. The molecule has 1 saturated carbocycles. The van der Waals surface area contributed by atoms with E-state index in [0.29, 0.717) is 11.4 Å². The van der Waals surface area contributed by atoms with Crippen molar-refractivity contribution in [1.29, 1.82) is 0 Å². The summed E-state index contributed by atoms with van der Waals surface area (Å²) >= 11 is 1.27. The molecule has 1 fully saturated rings. The lowest BCUT2D eigenvalue weighted by atomic mass is 9.76. The molecule has 1 aromatic rings. The van der Waals surface area contributed by atoms with Gasteiger partial charge in [-0.1, -0.05) is 26.2 Å². The first kappa shape index (κ1) is 15.0. The summed E-state index contributed by atoms with van der Waals surface area (Å²) in [7, 11) is -3.44. The Hall–Kier alpha value is -0.430. The summed E-state index contributed by atoms with van der Waals surface area (Å²) in [6.45, 7) is 2.54. The van der Waals surface area contributed by atoms with Gasteiger partial charge in [-0.3, -0.25) is 0 Å². The van der Waals surface area contributed by atoms with Gasteiger partial charge in [0.05, 0.1) is 11.5 Å². The SMILES string of the molecule is CC1(CNS(=O)(=O)c2csc(CO)c2)CCCCC1. The van der Waals surface area contributed by atoms with Crippen LogP contribution in [0.15, 0.2) is 16.3 Å². The summed E-state index contributed by atoms with van der Waals surface area (Å²) in [6.07, 6.45) is 5.80. The third-order valence-electron chi connectivity index (χ3n) is 3.85. The Morgan fingerprint density at radius 2 is 2.05 bits per heavy atom. The predicted octanol–water partition coefficient (Wildman–Crippen LogP) is 2.49. The molecule has 1 aliphatic rings. The third kappa shape index (κ3) is 3.78. The van der Waals surface area contributed by atoms with Crippen LogP contribution in [-0.2, 0) is 16.6 Å². The van der Waals surface area contributed by atoms with Crippen molar-refractivity contribution in [2.45, 2.75) is 50.5 Å². The second-order valence-electron chi connectivity index (χ2n) is 5.60. The summed E-state index contributed by atoms with van der Waals surface area (Å²) in [6, 6.07) is 1.54. The molecule has 0 aromatic carbocycles. The molecule has 1 aromatic heterocycles. The molecular formula is C13H21NO3S2. The molecule has 4 nitrogen and oxygen atoms in total. The number of aliphatic hydroxyl groups is 1. The minimum atomic E-state index is -3.44. The lowest BCUT2D eigenvalue weighted by Gasteiger charge is -2.33. The van der Waals surface area contributed by atoms with E-state index in [-0.39, 0.29) is 16.9 Å². The molecule has 0 unspecified atom stereocenters. The average Bonchev–Trinajstić information content (AvgIpc) is 2.87. The molecule has 2 rings (SSSR count). The second kappa shape index (κ2) is 5.91. The van der Waals surface area contributed by atoms with Gasteiger partial charge in [-0.2, -0.15) is 0 Å². The quantitative estimate of drug-likeness (QED) is 0.878. The van der Waals surface area contributed by atoms with Crippen LogP contribution in [0.2, 0.25) is 0 Å². The van der Waals surface area contributed by atoms with Crippen molar-refractivity contribution in [3.8, 4) is 0 Å². The molecule has 19 heavy (non-hydrogen) atoms. The van der Waals surface area contributed by atoms with E-state index in [4.69, 9.17) is 5.11 Å². The Morgan fingerprint density at radius 1 is 1.37 bits per heavy atom. The molecule has 0 radical (unpaired) electrons. The Labute approximate surface area is 118 Å². The van der Waals surface area contributed by atoms with Crippen molar-refractivity contribution in [2.24, 2.45) is 5.41 Å². The largest absolute Gasteiger partial charge is 0.391 e. The maximum absolute atomic E-state index is 12.2. The lowest BCUT2D eigenvalue weighted by molar-refractivity contribution is 0.219. The van der Waals surface area contributed by atoms with Gasteiger partial charge in [0.15, 0.2) is 0 Å². The van der Waals surface area contributed by atoms with E-state index >= 15 is 0 Å². The lowest BCUT2D eigenvalue weighted by Crippen LogP contribution is -2.36. The minimum Gasteiger partial charge on any atom is -0.391 e. The highest BCUT2D eigenvalue weighted by Gasteiger charge is 2.29. The molecule has 0 saturated heterocycles. The molecule has 0 atom stereocenters. The topological polar surface area (TPSA) is 66.4 Å². The van der Waals surface area contributed by atoms with Gasteiger partial charge in [-0.25, -0.2) is 13.1 Å². The van der Waals surface area contributed by atoms with Crippen LogP contribution in [0.25, 0.3) is 0 Å². The number of sulfonamides is 1. The van der Waals surface area contributed by atoms with Crippen molar-refractivity contribution >= 4 is 21.4 Å². The van der Waals surface area contributed by atoms with Crippen molar-refractivity contribution in [3.05, 3.63) is 16.3 Å². The van der Waals surface area contributed by atoms with Gasteiger partial charge in [0.25, 0.3) is 0 Å². The van der Waals surface area contributed by atoms with E-state index in [2.05, 4.69) is 11.6 Å². The molecule has 0 aliphatic heterocycles. The number of aliphatic hydroxyl groups excluding tert-OH is 1. The van der Waals surface area contributed by atoms with Gasteiger partial charge in [-0.05, 0) is 24.3 Å². The first-order valence-electron chi connectivity index (χ1n) is 6.63. The van der Waals surface area contributed by atoms with E-state index in [0.717, 1.165) is 12.8 Å². The monoisotopic (exact) mass is 303 g/mol. The van der Waals surface area contributed by atoms with Gasteiger partial charge in [0, 0.05) is 16.8 Å². The molecule has 6 heteroatoms. The van der Waals surface area contributed by atoms with Gasteiger partial charge in [0.2, 0.25) is 10.0 Å². The van der Waals surface area contributed by atoms with Crippen LogP contribution in [0.3, 0.4) is 0 Å². The molecule has 108 valence electrons. The number of nitrogens with one attached hydrogen (secondary N) is 1. The fraction of sp³-hybridized carbons (Fsp3) is 0.692. The Morgan fingerprint density at radius 3 is 2.63 bits per heavy atom. The summed E-state index contributed by atoms with van der Waals surface area (Å²) in [4.78, 5) is 0.935. The molecule has 0 amide bonds. The first-order chi connectivity index (χ1) is 8.95. The maximum Gasteiger partial charge on any atom is 0.241 e. The highest BCUT2D eigenvalue weighted by Crippen LogP contribution is 2.35. The van der Waals surface area contributed by atoms with Crippen LogP contribution in [0.5, 0.6) is 0 Å². The normalized spacial score (nSPS) is 19.5. The van der Waals surface area contributed by atoms with Crippen molar-refractivity contribution in [2.75, 3.05) is 6.54 Å². The van der Waals surface area contributed by atoms with Crippen LogP contribution in [0.4, 0.5) is 0 Å². The standard InChI is InChI=1S/C13H21NO3S2/c1-13(5-3-2-4-6-13)10-14-19(16,17)12-7-11(8-15)18-9-12/h7,9,14-15H,2-6,8,10H2,1H3. The summed E-state index contributed by atoms with van der Waals surface area (Å²) in [5.41, 5.74) is 0.0845. The molecule has 1 aliphatic carbocycles. The Kier molecular flexibility index (Phi) is 4.66. The number of hydrogen-bond donors (Lipinski definition) is 2. The number of hydrogen-bond acceptors (Lipinski definition) is 4. The minimum absolute atomic E-state index is 0.0845. The molecule has 0 bridgehead atoms. The summed E-state index contributed by atoms with van der Waals surface area (Å²) < 4.78 is 27.0. The zero-order valence-corrected chi connectivity index (χ0v) is 12.8. The fourth-order valence-electron chi connectivity index (χ4n) is 2.52. The fourth-order valence-corrected chi connectivity index (χ4v) is 4.85. The Balaban J connectivity index is 2.01. The zero-order valence-electron chi connectivity index (χ0n) is 11.2. The predicted molar refractivity (Wildman–Crippen MR) is 76.6 cm³/mol. The second-order valence-corrected chi connectivity index (χ2v) is 8.37. The number of thiophene rings is 1. The smallest absolute Gasteiger partial charge is 0.241 e. The van der Waals surface area contributed by atoms with E-state index < -0.39 is 10.0 Å². The van der Waals surface area contributed by atoms with Gasteiger partial charge in [0.1, 0.15) is 0 Å². The molecule has 0 spiro atoms. The van der Waals surface area contributed by atoms with Crippen molar-refractivity contribution in [3.63, 3.8) is 0 Å². The van der Waals surface area contributed by atoms with Crippen LogP contribution >= 0.6 is 11.3 Å². The van der Waals surface area contributed by atoms with Gasteiger partial charge in [-0.15, -0.1) is 11.3 Å². The summed E-state index contributed by atoms with van der Waals surface area (Å²) in [5.74, 6) is 0. The van der Waals surface area contributed by atoms with Crippen LogP contribution in [0.1, 0.15) is 43.9 Å². The molecular weight excluding hydrogens is 282 g/mol. The highest BCUT2D eigenvalue weighted by atomic mass is 32.2. The Bertz CT molecular complexity index is 516. The highest BCUT2D eigenvalue weighted by molar-refractivity contribution is 7.89. The maximum atomic E-state index is 12.2. The third-order valence-corrected chi connectivity index (χ3v) is 6.30. The van der Waals surface area contributed by atoms with Crippen molar-refractivity contribution < 1.29 is 13.5 Å². The van der Waals surface area contributed by atoms with E-state index in [1.165, 1.54) is 36.7 Å². The van der Waals surface area contributed by atoms with Crippen LogP contribution < -0.4 is 4.72 Å². The van der Waals surface area contributed by atoms with Crippen molar-refractivity contribution in [1.82, 2.24) is 4.72 Å². The van der Waals surface area contributed by atoms with Gasteiger partial charge < -0.3 is 5.11 Å². The van der Waals surface area contributed by atoms with Gasteiger partial charge >= 0.3 is 0 Å². The van der Waals surface area contributed by atoms with E-state index in [9.17, 15) is 8.42 Å². The molecule has 2 N–H and O–H groups in total. The van der Waals surface area contributed by atoms with Crippen LogP contribution in [0, 0.1) is 5.41 Å². The zero-order chi connectivity index (χ0) is 13.9. The average molecular weight is 303 g/mol.